The first-order valence-electron chi connectivity index (χ1n) is 29.0. The van der Waals surface area contributed by atoms with Gasteiger partial charge in [0.25, 0.3) is 0 Å². The molecule has 81 heavy (non-hydrogen) atoms. The van der Waals surface area contributed by atoms with Gasteiger partial charge in [0.2, 0.25) is 0 Å². The van der Waals surface area contributed by atoms with Gasteiger partial charge in [-0.05, 0) is 225 Å². The normalized spacial score (nSPS) is 14.6. The molecule has 0 amide bonds. The molecular formula is C79H72N2. The van der Waals surface area contributed by atoms with Gasteiger partial charge in [-0.2, -0.15) is 0 Å². The Morgan fingerprint density at radius 2 is 0.519 bits per heavy atom. The molecule has 0 bridgehead atoms. The zero-order chi connectivity index (χ0) is 56.3. The molecule has 13 rings (SSSR count). The van der Waals surface area contributed by atoms with Crippen molar-refractivity contribution in [2.24, 2.45) is 0 Å². The number of nitrogens with zero attached hydrogens (tertiary/aromatic N) is 2. The van der Waals surface area contributed by atoms with Crippen molar-refractivity contribution in [1.82, 2.24) is 0 Å². The van der Waals surface area contributed by atoms with Crippen molar-refractivity contribution < 1.29 is 0 Å². The third-order valence-electron chi connectivity index (χ3n) is 18.2. The molecule has 0 fully saturated rings. The fraction of sp³-hybridized carbons (Fsp3) is 0.190. The van der Waals surface area contributed by atoms with Gasteiger partial charge in [-0.3, -0.25) is 0 Å². The van der Waals surface area contributed by atoms with E-state index >= 15 is 0 Å². The van der Waals surface area contributed by atoms with Crippen LogP contribution in [-0.2, 0) is 16.2 Å². The van der Waals surface area contributed by atoms with Crippen molar-refractivity contribution in [2.75, 3.05) is 9.80 Å². The Balaban J connectivity index is 0.736. The summed E-state index contributed by atoms with van der Waals surface area (Å²) in [6.45, 7) is 27.5. The maximum absolute atomic E-state index is 2.44. The summed E-state index contributed by atoms with van der Waals surface area (Å²) in [5.74, 6) is 0. The lowest BCUT2D eigenvalue weighted by molar-refractivity contribution is 0.660. The largest absolute Gasteiger partial charge is 0.310 e. The Morgan fingerprint density at radius 1 is 0.259 bits per heavy atom. The second kappa shape index (κ2) is 19.2. The van der Waals surface area contributed by atoms with E-state index in [4.69, 9.17) is 0 Å². The van der Waals surface area contributed by atoms with Gasteiger partial charge in [0, 0.05) is 50.4 Å². The maximum Gasteiger partial charge on any atom is 0.0490 e. The van der Waals surface area contributed by atoms with Crippen molar-refractivity contribution in [3.05, 3.63) is 283 Å². The van der Waals surface area contributed by atoms with Gasteiger partial charge in [-0.25, -0.2) is 0 Å². The molecule has 0 aromatic heterocycles. The van der Waals surface area contributed by atoms with Gasteiger partial charge in [-0.15, -0.1) is 0 Å². The predicted octanol–water partition coefficient (Wildman–Crippen LogP) is 21.7. The van der Waals surface area contributed by atoms with Gasteiger partial charge in [0.1, 0.15) is 0 Å². The van der Waals surface area contributed by atoms with E-state index in [0.29, 0.717) is 0 Å². The van der Waals surface area contributed by atoms with Crippen LogP contribution in [0.25, 0.3) is 57.7 Å². The van der Waals surface area contributed by atoms with Crippen LogP contribution in [0.4, 0.5) is 34.1 Å². The summed E-state index contributed by atoms with van der Waals surface area (Å²) >= 11 is 0. The summed E-state index contributed by atoms with van der Waals surface area (Å²) in [6.07, 6.45) is 9.20. The number of fused-ring (bicyclic) bond motifs is 9. The quantitative estimate of drug-likeness (QED) is 0.126. The van der Waals surface area contributed by atoms with Crippen LogP contribution in [0.2, 0.25) is 0 Å². The lowest BCUT2D eigenvalue weighted by Gasteiger charge is -2.29. The Hall–Kier alpha value is -8.72. The van der Waals surface area contributed by atoms with E-state index in [1.54, 1.807) is 0 Å². The molecule has 0 radical (unpaired) electrons. The van der Waals surface area contributed by atoms with E-state index in [-0.39, 0.29) is 16.2 Å². The highest BCUT2D eigenvalue weighted by molar-refractivity contribution is 5.91. The van der Waals surface area contributed by atoms with Gasteiger partial charge in [0.15, 0.2) is 0 Å². The molecule has 0 aliphatic heterocycles. The highest BCUT2D eigenvalue weighted by Crippen LogP contribution is 2.54. The number of hydrogen-bond donors (Lipinski definition) is 0. The molecule has 0 unspecified atom stereocenters. The molecule has 0 spiro atoms. The SMILES string of the molecule is Cc1cc(C)cc(N(c2ccc3c(c2)C(C)(C)c2cc(/C=C/c4ccc5c(c4)C(C)(C)c4cc(/C=C/c6ccc7c(c6)C(C)(C)c6cc(N(c8cc(C)cc(C)c8)c8ccccc8C)ccc6-7)ccc4-5)ccc2-3)c2ccccc2C)c1. The van der Waals surface area contributed by atoms with Crippen molar-refractivity contribution in [3.8, 4) is 33.4 Å². The molecule has 0 saturated heterocycles. The van der Waals surface area contributed by atoms with Gasteiger partial charge in [0.05, 0.1) is 0 Å². The van der Waals surface area contributed by atoms with Crippen LogP contribution in [0.1, 0.15) is 131 Å². The zero-order valence-electron chi connectivity index (χ0n) is 49.2. The second-order valence-electron chi connectivity index (χ2n) is 25.2. The van der Waals surface area contributed by atoms with Crippen molar-refractivity contribution in [2.45, 2.75) is 99.3 Å². The van der Waals surface area contributed by atoms with Crippen LogP contribution in [0, 0.1) is 41.5 Å². The Kier molecular flexibility index (Phi) is 12.3. The number of hydrogen-bond acceptors (Lipinski definition) is 2. The van der Waals surface area contributed by atoms with Crippen LogP contribution in [-0.4, -0.2) is 0 Å². The van der Waals surface area contributed by atoms with Crippen molar-refractivity contribution in [1.29, 1.82) is 0 Å². The van der Waals surface area contributed by atoms with Gasteiger partial charge >= 0.3 is 0 Å². The lowest BCUT2D eigenvalue weighted by Crippen LogP contribution is -2.17. The standard InChI is InChI=1S/C79H72N2/c1-49-37-50(2)40-61(39-49)80(75-19-15-13-17-53(75)5)59-29-35-67-65-33-27-57(45-71(65)78(9,10)73(67)47-59)23-21-55-25-31-63-64-32-26-56(44-70(64)77(7,8)69(63)43-55)22-24-58-28-34-66-68-36-30-60(48-74(68)79(11,12)72(66)46-58)81(76-20-16-14-18-54(76)6)62-41-51(3)38-52(4)42-62/h13-48H,1-12H3/b23-21+,24-22+. The first-order chi connectivity index (χ1) is 38.8. The first-order valence-corrected chi connectivity index (χ1v) is 29.0. The minimum atomic E-state index is -0.175. The smallest absolute Gasteiger partial charge is 0.0490 e. The van der Waals surface area contributed by atoms with E-state index in [2.05, 4.69) is 311 Å². The highest BCUT2D eigenvalue weighted by atomic mass is 15.2. The fourth-order valence-electron chi connectivity index (χ4n) is 14.0. The fourth-order valence-corrected chi connectivity index (χ4v) is 14.0. The third-order valence-corrected chi connectivity index (χ3v) is 18.2. The molecular weight excluding hydrogens is 977 g/mol. The molecule has 0 N–H and O–H groups in total. The number of anilines is 6. The van der Waals surface area contributed by atoms with E-state index in [9.17, 15) is 0 Å². The summed E-state index contributed by atoms with van der Waals surface area (Å²) in [5.41, 5.74) is 35.2. The number of rotatable bonds is 10. The van der Waals surface area contributed by atoms with E-state index in [0.717, 1.165) is 0 Å². The third kappa shape index (κ3) is 8.79. The number of para-hydroxylation sites is 2. The summed E-state index contributed by atoms with van der Waals surface area (Å²) in [7, 11) is 0. The van der Waals surface area contributed by atoms with Crippen LogP contribution in [0.3, 0.4) is 0 Å². The number of aryl methyl sites for hydroxylation is 6. The second-order valence-corrected chi connectivity index (χ2v) is 25.2. The minimum absolute atomic E-state index is 0.150. The topological polar surface area (TPSA) is 6.48 Å². The molecule has 0 heterocycles. The molecule has 3 aliphatic rings. The average Bonchev–Trinajstić information content (AvgIpc) is 4.05. The Bertz CT molecular complexity index is 3970. The summed E-state index contributed by atoms with van der Waals surface area (Å²) in [4.78, 5) is 4.88. The molecule has 0 atom stereocenters. The summed E-state index contributed by atoms with van der Waals surface area (Å²) in [5, 5.41) is 0. The van der Waals surface area contributed by atoms with Gasteiger partial charge in [-0.1, -0.05) is 199 Å². The molecule has 10 aromatic rings. The van der Waals surface area contributed by atoms with Gasteiger partial charge < -0.3 is 9.80 Å². The van der Waals surface area contributed by atoms with Crippen molar-refractivity contribution in [3.63, 3.8) is 0 Å². The number of benzene rings is 10. The lowest BCUT2D eigenvalue weighted by atomic mass is 9.81. The maximum atomic E-state index is 2.44. The Labute approximate surface area is 481 Å². The monoisotopic (exact) mass is 1050 g/mol. The molecule has 2 nitrogen and oxygen atoms in total. The molecule has 398 valence electrons. The first kappa shape index (κ1) is 51.7. The zero-order valence-corrected chi connectivity index (χ0v) is 49.2. The van der Waals surface area contributed by atoms with Crippen LogP contribution < -0.4 is 9.80 Å². The molecule has 0 saturated carbocycles. The highest BCUT2D eigenvalue weighted by Gasteiger charge is 2.39. The predicted molar refractivity (Wildman–Crippen MR) is 348 cm³/mol. The van der Waals surface area contributed by atoms with Crippen LogP contribution >= 0.6 is 0 Å². The van der Waals surface area contributed by atoms with E-state index < -0.39 is 0 Å². The summed E-state index contributed by atoms with van der Waals surface area (Å²) in [6, 6.07) is 73.6. The molecule has 3 aliphatic carbocycles. The van der Waals surface area contributed by atoms with E-state index in [1.807, 2.05) is 0 Å². The van der Waals surface area contributed by atoms with Crippen LogP contribution in [0.15, 0.2) is 194 Å². The minimum Gasteiger partial charge on any atom is -0.310 e. The van der Waals surface area contributed by atoms with Crippen molar-refractivity contribution >= 4 is 58.4 Å². The molecule has 2 heteroatoms. The van der Waals surface area contributed by atoms with E-state index in [1.165, 1.54) is 157 Å². The molecule has 10 aromatic carbocycles. The Morgan fingerprint density at radius 3 is 0.802 bits per heavy atom. The summed E-state index contributed by atoms with van der Waals surface area (Å²) < 4.78 is 0. The van der Waals surface area contributed by atoms with Crippen LogP contribution in [0.5, 0.6) is 0 Å². The average molecular weight is 1050 g/mol.